The molecule has 1 N–H and O–H groups in total. The van der Waals surface area contributed by atoms with Crippen molar-refractivity contribution < 1.29 is 22.4 Å². The number of anilines is 1. The number of hydrogen-bond donors (Lipinski definition) is 1. The number of benzene rings is 3. The summed E-state index contributed by atoms with van der Waals surface area (Å²) in [6.45, 7) is 5.41. The minimum Gasteiger partial charge on any atom is -0.354 e. The molecule has 0 fully saturated rings. The fourth-order valence-corrected chi connectivity index (χ4v) is 5.95. The highest BCUT2D eigenvalue weighted by Crippen LogP contribution is 2.30. The normalized spacial score (nSPS) is 12.0. The van der Waals surface area contributed by atoms with Crippen LogP contribution in [0.5, 0.6) is 0 Å². The third-order valence-corrected chi connectivity index (χ3v) is 8.54. The highest BCUT2D eigenvalue weighted by atomic mass is 35.5. The molecule has 0 aromatic heterocycles. The van der Waals surface area contributed by atoms with Crippen LogP contribution in [0.4, 0.5) is 10.1 Å². The molecule has 10 heteroatoms. The number of unbranched alkanes of at least 4 members (excludes halogenated alkanes) is 1. The number of carbonyl (C=O) groups is 2. The van der Waals surface area contributed by atoms with E-state index in [0.29, 0.717) is 29.1 Å². The monoisotopic (exact) mass is 587 g/mol. The molecule has 3 rings (SSSR count). The maximum Gasteiger partial charge on any atom is 0.264 e. The van der Waals surface area contributed by atoms with Crippen LogP contribution in [0.2, 0.25) is 5.02 Å². The Bertz CT molecular complexity index is 1400. The summed E-state index contributed by atoms with van der Waals surface area (Å²) in [5.41, 5.74) is 1.46. The van der Waals surface area contributed by atoms with Crippen molar-refractivity contribution in [1.82, 2.24) is 10.2 Å². The van der Waals surface area contributed by atoms with Crippen molar-refractivity contribution in [3.63, 3.8) is 0 Å². The molecule has 1 atom stereocenters. The largest absolute Gasteiger partial charge is 0.354 e. The summed E-state index contributed by atoms with van der Waals surface area (Å²) in [7, 11) is -4.19. The molecule has 0 bridgehead atoms. The Balaban J connectivity index is 2.06. The van der Waals surface area contributed by atoms with Crippen LogP contribution in [0.1, 0.15) is 44.2 Å². The maximum absolute atomic E-state index is 14.0. The lowest BCUT2D eigenvalue weighted by molar-refractivity contribution is -0.140. The number of hydrogen-bond acceptors (Lipinski definition) is 4. The molecule has 0 aliphatic carbocycles. The van der Waals surface area contributed by atoms with Gasteiger partial charge in [0.25, 0.3) is 10.0 Å². The third kappa shape index (κ3) is 7.82. The zero-order valence-electron chi connectivity index (χ0n) is 22.9. The Morgan fingerprint density at radius 2 is 1.68 bits per heavy atom. The van der Waals surface area contributed by atoms with Gasteiger partial charge in [0, 0.05) is 18.1 Å². The van der Waals surface area contributed by atoms with E-state index in [0.717, 1.165) is 17.1 Å². The van der Waals surface area contributed by atoms with Gasteiger partial charge >= 0.3 is 0 Å². The Hall–Kier alpha value is -3.43. The van der Waals surface area contributed by atoms with E-state index in [4.69, 9.17) is 11.6 Å². The number of sulfonamides is 1. The van der Waals surface area contributed by atoms with E-state index in [1.807, 2.05) is 6.92 Å². The molecule has 0 aliphatic heterocycles. The van der Waals surface area contributed by atoms with Gasteiger partial charge in [0.15, 0.2) is 0 Å². The average molecular weight is 588 g/mol. The van der Waals surface area contributed by atoms with E-state index in [9.17, 15) is 22.4 Å². The predicted octanol–water partition coefficient (Wildman–Crippen LogP) is 5.71. The van der Waals surface area contributed by atoms with Crippen molar-refractivity contribution in [3.05, 3.63) is 94.8 Å². The van der Waals surface area contributed by atoms with Gasteiger partial charge in [0.2, 0.25) is 11.8 Å². The molecule has 7 nitrogen and oxygen atoms in total. The number of nitrogens with zero attached hydrogens (tertiary/aromatic N) is 2. The highest BCUT2D eigenvalue weighted by Gasteiger charge is 2.34. The number of aryl methyl sites for hydroxylation is 1. The van der Waals surface area contributed by atoms with Crippen molar-refractivity contribution in [2.75, 3.05) is 17.4 Å². The van der Waals surface area contributed by atoms with E-state index in [1.54, 1.807) is 44.2 Å². The Morgan fingerprint density at radius 3 is 2.30 bits per heavy atom. The summed E-state index contributed by atoms with van der Waals surface area (Å²) in [6.07, 6.45) is 1.97. The first kappa shape index (κ1) is 31.1. The molecule has 0 spiro atoms. The minimum absolute atomic E-state index is 0.00737. The number of halogens is 2. The van der Waals surface area contributed by atoms with Gasteiger partial charge < -0.3 is 10.2 Å². The molecule has 0 saturated heterocycles. The zero-order chi connectivity index (χ0) is 29.3. The zero-order valence-corrected chi connectivity index (χ0v) is 24.5. The second-order valence-corrected chi connectivity index (χ2v) is 11.8. The molecule has 0 radical (unpaired) electrons. The second-order valence-electron chi connectivity index (χ2n) is 9.47. The molecular formula is C30H35ClFN3O4S. The van der Waals surface area contributed by atoms with Gasteiger partial charge in [-0.15, -0.1) is 0 Å². The van der Waals surface area contributed by atoms with Crippen molar-refractivity contribution >= 4 is 39.1 Å². The van der Waals surface area contributed by atoms with Crippen LogP contribution >= 0.6 is 11.6 Å². The molecule has 2 amide bonds. The lowest BCUT2D eigenvalue weighted by Crippen LogP contribution is -2.52. The first-order valence-electron chi connectivity index (χ1n) is 13.2. The molecule has 3 aromatic rings. The van der Waals surface area contributed by atoms with Crippen LogP contribution in [0.15, 0.2) is 77.7 Å². The van der Waals surface area contributed by atoms with Crippen LogP contribution in [-0.2, 0) is 26.2 Å². The van der Waals surface area contributed by atoms with Gasteiger partial charge in [-0.1, -0.05) is 68.3 Å². The summed E-state index contributed by atoms with van der Waals surface area (Å²) in [4.78, 5) is 28.6. The van der Waals surface area contributed by atoms with E-state index in [2.05, 4.69) is 5.32 Å². The smallest absolute Gasteiger partial charge is 0.264 e. The Morgan fingerprint density at radius 1 is 1.00 bits per heavy atom. The van der Waals surface area contributed by atoms with E-state index in [1.165, 1.54) is 47.4 Å². The fraction of sp³-hybridized carbons (Fsp3) is 0.333. The van der Waals surface area contributed by atoms with Crippen molar-refractivity contribution in [2.45, 2.75) is 57.5 Å². The number of rotatable bonds is 13. The van der Waals surface area contributed by atoms with Gasteiger partial charge in [-0.05, 0) is 67.3 Å². The van der Waals surface area contributed by atoms with E-state index in [-0.39, 0.29) is 23.0 Å². The summed E-state index contributed by atoms with van der Waals surface area (Å²) in [6, 6.07) is 17.4. The average Bonchev–Trinajstić information content (AvgIpc) is 2.94. The van der Waals surface area contributed by atoms with Crippen LogP contribution in [0, 0.1) is 12.7 Å². The summed E-state index contributed by atoms with van der Waals surface area (Å²) >= 11 is 6.25. The second kappa shape index (κ2) is 14.3. The van der Waals surface area contributed by atoms with E-state index >= 15 is 0 Å². The molecule has 214 valence electrons. The summed E-state index contributed by atoms with van der Waals surface area (Å²) < 4.78 is 42.4. The van der Waals surface area contributed by atoms with Crippen LogP contribution in [0.25, 0.3) is 0 Å². The van der Waals surface area contributed by atoms with Gasteiger partial charge in [-0.3, -0.25) is 13.9 Å². The molecule has 0 heterocycles. The fourth-order valence-electron chi connectivity index (χ4n) is 4.30. The van der Waals surface area contributed by atoms with Gasteiger partial charge in [-0.25, -0.2) is 12.8 Å². The standard InChI is InChI=1S/C30H35ClFN3O4S/c1-4-6-18-33-30(37)27(5-2)34(20-23-13-16-25(32)17-14-23)29(36)21-35(28-19-24(31)15-12-22(28)3)40(38,39)26-10-8-7-9-11-26/h7-17,19,27H,4-6,18,20-21H2,1-3H3,(H,33,37)/t27-/m1/s1. The number of amides is 2. The van der Waals surface area contributed by atoms with Gasteiger partial charge in [0.1, 0.15) is 18.4 Å². The number of nitrogens with one attached hydrogen (secondary N) is 1. The molecule has 40 heavy (non-hydrogen) atoms. The molecule has 0 aliphatic rings. The van der Waals surface area contributed by atoms with Crippen LogP contribution in [0.3, 0.4) is 0 Å². The van der Waals surface area contributed by atoms with Crippen molar-refractivity contribution in [3.8, 4) is 0 Å². The van der Waals surface area contributed by atoms with Crippen molar-refractivity contribution in [1.29, 1.82) is 0 Å². The third-order valence-electron chi connectivity index (χ3n) is 6.53. The van der Waals surface area contributed by atoms with Crippen molar-refractivity contribution in [2.24, 2.45) is 0 Å². The minimum atomic E-state index is -4.19. The topological polar surface area (TPSA) is 86.8 Å². The summed E-state index contributed by atoms with van der Waals surface area (Å²) in [5.74, 6) is -1.34. The molecule has 0 unspecified atom stereocenters. The van der Waals surface area contributed by atoms with E-state index < -0.39 is 34.3 Å². The number of carbonyl (C=O) groups excluding carboxylic acids is 2. The Kier molecular flexibility index (Phi) is 11.1. The maximum atomic E-state index is 14.0. The summed E-state index contributed by atoms with van der Waals surface area (Å²) in [5, 5.41) is 3.19. The first-order valence-corrected chi connectivity index (χ1v) is 15.1. The molecular weight excluding hydrogens is 553 g/mol. The van der Waals surface area contributed by atoms with Crippen LogP contribution < -0.4 is 9.62 Å². The quantitative estimate of drug-likeness (QED) is 0.260. The van der Waals surface area contributed by atoms with Gasteiger partial charge in [0.05, 0.1) is 10.6 Å². The SMILES string of the molecule is CCCCNC(=O)[C@@H](CC)N(Cc1ccc(F)cc1)C(=O)CN(c1cc(Cl)ccc1C)S(=O)(=O)c1ccccc1. The van der Waals surface area contributed by atoms with Crippen LogP contribution in [-0.4, -0.2) is 44.3 Å². The highest BCUT2D eigenvalue weighted by molar-refractivity contribution is 7.92. The van der Waals surface area contributed by atoms with Gasteiger partial charge in [-0.2, -0.15) is 0 Å². The lowest BCUT2D eigenvalue weighted by Gasteiger charge is -2.33. The molecule has 0 saturated carbocycles. The Labute approximate surface area is 241 Å². The first-order chi connectivity index (χ1) is 19.1. The molecule has 3 aromatic carbocycles. The lowest BCUT2D eigenvalue weighted by atomic mass is 10.1. The predicted molar refractivity (Wildman–Crippen MR) is 156 cm³/mol.